The predicted octanol–water partition coefficient (Wildman–Crippen LogP) is 5.19. The van der Waals surface area contributed by atoms with Gasteiger partial charge in [0.2, 0.25) is 0 Å². The van der Waals surface area contributed by atoms with Crippen LogP contribution in [0.1, 0.15) is 57.6 Å². The third-order valence-corrected chi connectivity index (χ3v) is 4.79. The number of allylic oxidation sites excluding steroid dienone is 1. The summed E-state index contributed by atoms with van der Waals surface area (Å²) in [5, 5.41) is 0. The standard InChI is InChI=1S/C20H23F3O3/c1-4-6-8-15-12-19(13(3)24,18(25)26-5-2)17(15)14-9-7-10-16(11-14)20(21,22)23/h7,9-11H,4-6,8,12H2,1-3H3. The Kier molecular flexibility index (Phi) is 5.94. The van der Waals surface area contributed by atoms with Gasteiger partial charge in [-0.25, -0.2) is 0 Å². The first-order chi connectivity index (χ1) is 12.2. The normalized spacial score (nSPS) is 19.9. The van der Waals surface area contributed by atoms with Crippen LogP contribution in [-0.4, -0.2) is 18.4 Å². The van der Waals surface area contributed by atoms with Crippen molar-refractivity contribution in [3.63, 3.8) is 0 Å². The molecule has 142 valence electrons. The maximum absolute atomic E-state index is 13.1. The highest BCUT2D eigenvalue weighted by molar-refractivity contribution is 6.17. The Morgan fingerprint density at radius 1 is 1.23 bits per heavy atom. The summed E-state index contributed by atoms with van der Waals surface area (Å²) >= 11 is 0. The lowest BCUT2D eigenvalue weighted by molar-refractivity contribution is -0.156. The van der Waals surface area contributed by atoms with Crippen LogP contribution in [0.3, 0.4) is 0 Å². The van der Waals surface area contributed by atoms with E-state index in [0.29, 0.717) is 12.0 Å². The summed E-state index contributed by atoms with van der Waals surface area (Å²) in [4.78, 5) is 25.0. The van der Waals surface area contributed by atoms with Crippen LogP contribution in [-0.2, 0) is 20.5 Å². The van der Waals surface area contributed by atoms with Crippen LogP contribution in [0.25, 0.3) is 5.57 Å². The van der Waals surface area contributed by atoms with Gasteiger partial charge >= 0.3 is 12.1 Å². The van der Waals surface area contributed by atoms with Crippen molar-refractivity contribution in [1.29, 1.82) is 0 Å². The van der Waals surface area contributed by atoms with Crippen LogP contribution >= 0.6 is 0 Å². The molecule has 1 aromatic carbocycles. The molecular weight excluding hydrogens is 345 g/mol. The molecule has 0 spiro atoms. The molecule has 0 saturated carbocycles. The highest BCUT2D eigenvalue weighted by Gasteiger charge is 2.56. The lowest BCUT2D eigenvalue weighted by Gasteiger charge is -2.42. The molecule has 0 radical (unpaired) electrons. The van der Waals surface area contributed by atoms with Gasteiger partial charge < -0.3 is 4.74 Å². The van der Waals surface area contributed by atoms with Gasteiger partial charge in [0.05, 0.1) is 12.2 Å². The van der Waals surface area contributed by atoms with E-state index in [-0.39, 0.29) is 18.6 Å². The van der Waals surface area contributed by atoms with E-state index >= 15 is 0 Å². The van der Waals surface area contributed by atoms with Crippen LogP contribution in [0.15, 0.2) is 29.8 Å². The highest BCUT2D eigenvalue weighted by atomic mass is 19.4. The summed E-state index contributed by atoms with van der Waals surface area (Å²) in [6.45, 7) is 5.04. The fourth-order valence-electron chi connectivity index (χ4n) is 3.47. The first-order valence-corrected chi connectivity index (χ1v) is 8.76. The van der Waals surface area contributed by atoms with E-state index in [1.807, 2.05) is 6.92 Å². The second kappa shape index (κ2) is 7.64. The average molecular weight is 368 g/mol. The van der Waals surface area contributed by atoms with Crippen LogP contribution in [0.4, 0.5) is 13.2 Å². The third-order valence-electron chi connectivity index (χ3n) is 4.79. The number of Topliss-reactive ketones (excluding diaryl/α,β-unsaturated/α-hetero) is 1. The monoisotopic (exact) mass is 368 g/mol. The molecule has 1 atom stereocenters. The second-order valence-electron chi connectivity index (χ2n) is 6.52. The van der Waals surface area contributed by atoms with Gasteiger partial charge in [-0.15, -0.1) is 0 Å². The molecule has 6 heteroatoms. The smallest absolute Gasteiger partial charge is 0.416 e. The molecule has 3 nitrogen and oxygen atoms in total. The zero-order valence-electron chi connectivity index (χ0n) is 15.2. The quantitative estimate of drug-likeness (QED) is 0.491. The predicted molar refractivity (Wildman–Crippen MR) is 92.3 cm³/mol. The fourth-order valence-corrected chi connectivity index (χ4v) is 3.47. The zero-order valence-corrected chi connectivity index (χ0v) is 15.2. The Labute approximate surface area is 151 Å². The van der Waals surface area contributed by atoms with E-state index in [4.69, 9.17) is 4.74 Å². The van der Waals surface area contributed by atoms with Crippen molar-refractivity contribution in [3.8, 4) is 0 Å². The van der Waals surface area contributed by atoms with Crippen LogP contribution in [0.5, 0.6) is 0 Å². The molecule has 26 heavy (non-hydrogen) atoms. The Morgan fingerprint density at radius 3 is 2.46 bits per heavy atom. The number of rotatable bonds is 7. The van der Waals surface area contributed by atoms with Crippen LogP contribution in [0, 0.1) is 5.41 Å². The lowest BCUT2D eigenvalue weighted by atomic mass is 9.58. The number of carbonyl (C=O) groups excluding carboxylic acids is 2. The minimum atomic E-state index is -4.49. The summed E-state index contributed by atoms with van der Waals surface area (Å²) in [5.41, 5.74) is -0.785. The minimum absolute atomic E-state index is 0.105. The zero-order chi connectivity index (χ0) is 19.5. The minimum Gasteiger partial charge on any atom is -0.465 e. The Morgan fingerprint density at radius 2 is 1.92 bits per heavy atom. The van der Waals surface area contributed by atoms with Gasteiger partial charge in [-0.3, -0.25) is 9.59 Å². The van der Waals surface area contributed by atoms with Gasteiger partial charge in [0.1, 0.15) is 0 Å². The number of esters is 1. The summed E-state index contributed by atoms with van der Waals surface area (Å²) in [6, 6.07) is 4.81. The first-order valence-electron chi connectivity index (χ1n) is 8.76. The molecule has 0 N–H and O–H groups in total. The van der Waals surface area contributed by atoms with Crippen molar-refractivity contribution in [2.75, 3.05) is 6.61 Å². The number of alkyl halides is 3. The van der Waals surface area contributed by atoms with E-state index in [9.17, 15) is 22.8 Å². The summed E-state index contributed by atoms with van der Waals surface area (Å²) < 4.78 is 44.4. The van der Waals surface area contributed by atoms with Crippen molar-refractivity contribution in [2.24, 2.45) is 5.41 Å². The number of unbranched alkanes of at least 4 members (excludes halogenated alkanes) is 1. The molecule has 0 amide bonds. The van der Waals surface area contributed by atoms with Gasteiger partial charge in [0.15, 0.2) is 11.2 Å². The van der Waals surface area contributed by atoms with E-state index in [2.05, 4.69) is 0 Å². The average Bonchev–Trinajstić information content (AvgIpc) is 2.53. The molecule has 0 aliphatic heterocycles. The molecule has 1 aliphatic rings. The van der Waals surface area contributed by atoms with E-state index < -0.39 is 28.9 Å². The van der Waals surface area contributed by atoms with E-state index in [0.717, 1.165) is 30.5 Å². The van der Waals surface area contributed by atoms with Gasteiger partial charge in [0.25, 0.3) is 0 Å². The number of ether oxygens (including phenoxy) is 1. The molecule has 1 aliphatic carbocycles. The number of carbonyl (C=O) groups is 2. The third kappa shape index (κ3) is 3.55. The first kappa shape index (κ1) is 20.2. The number of hydrogen-bond acceptors (Lipinski definition) is 3. The molecule has 0 saturated heterocycles. The fraction of sp³-hybridized carbons (Fsp3) is 0.500. The largest absolute Gasteiger partial charge is 0.465 e. The van der Waals surface area contributed by atoms with Crippen molar-refractivity contribution in [2.45, 2.75) is 52.6 Å². The van der Waals surface area contributed by atoms with E-state index in [1.54, 1.807) is 6.92 Å². The molecule has 1 aromatic rings. The maximum atomic E-state index is 13.1. The van der Waals surface area contributed by atoms with E-state index in [1.165, 1.54) is 19.1 Å². The molecule has 1 unspecified atom stereocenters. The van der Waals surface area contributed by atoms with Crippen molar-refractivity contribution < 1.29 is 27.5 Å². The van der Waals surface area contributed by atoms with Crippen molar-refractivity contribution in [1.82, 2.24) is 0 Å². The molecule has 0 heterocycles. The van der Waals surface area contributed by atoms with Gasteiger partial charge in [-0.2, -0.15) is 13.2 Å². The van der Waals surface area contributed by atoms with Gasteiger partial charge in [0, 0.05) is 0 Å². The number of ketones is 1. The second-order valence-corrected chi connectivity index (χ2v) is 6.52. The van der Waals surface area contributed by atoms with Crippen LogP contribution in [0.2, 0.25) is 0 Å². The Balaban J connectivity index is 2.60. The van der Waals surface area contributed by atoms with Gasteiger partial charge in [-0.1, -0.05) is 31.1 Å². The molecule has 2 rings (SSSR count). The molecule has 0 fully saturated rings. The van der Waals surface area contributed by atoms with Gasteiger partial charge in [-0.05, 0) is 56.4 Å². The molecular formula is C20H23F3O3. The summed E-state index contributed by atoms with van der Waals surface area (Å²) in [6.07, 6.45) is -1.88. The number of halogens is 3. The SMILES string of the molecule is CCCCC1=C(c2cccc(C(F)(F)F)c2)C(C(C)=O)(C(=O)OCC)C1. The topological polar surface area (TPSA) is 43.4 Å². The maximum Gasteiger partial charge on any atom is 0.416 e. The highest BCUT2D eigenvalue weighted by Crippen LogP contribution is 2.55. The molecule has 0 bridgehead atoms. The summed E-state index contributed by atoms with van der Waals surface area (Å²) in [5.74, 6) is -1.08. The Hall–Kier alpha value is -2.11. The number of hydrogen-bond donors (Lipinski definition) is 0. The molecule has 0 aromatic heterocycles. The number of benzene rings is 1. The Bertz CT molecular complexity index is 734. The van der Waals surface area contributed by atoms with Crippen LogP contribution < -0.4 is 0 Å². The lowest BCUT2D eigenvalue weighted by Crippen LogP contribution is -2.47. The summed E-state index contributed by atoms with van der Waals surface area (Å²) in [7, 11) is 0. The van der Waals surface area contributed by atoms with Crippen molar-refractivity contribution in [3.05, 3.63) is 41.0 Å². The van der Waals surface area contributed by atoms with Crippen molar-refractivity contribution >= 4 is 17.3 Å².